The summed E-state index contributed by atoms with van der Waals surface area (Å²) in [5, 5.41) is 0. The van der Waals surface area contributed by atoms with Gasteiger partial charge in [-0.25, -0.2) is 4.39 Å². The smallest absolute Gasteiger partial charge is 0.254 e. The van der Waals surface area contributed by atoms with Crippen molar-refractivity contribution in [2.45, 2.75) is 25.5 Å². The minimum atomic E-state index is -0.581. The SMILES string of the molecule is CSCC[C@@H](C(N)=O)N1CCc2cc(OCc3ccc(F)cc3)ccc2C1=O. The van der Waals surface area contributed by atoms with Gasteiger partial charge in [-0.15, -0.1) is 0 Å². The van der Waals surface area contributed by atoms with Crippen LogP contribution in [0.1, 0.15) is 27.9 Å². The van der Waals surface area contributed by atoms with E-state index in [-0.39, 0.29) is 11.7 Å². The summed E-state index contributed by atoms with van der Waals surface area (Å²) < 4.78 is 18.7. The van der Waals surface area contributed by atoms with E-state index >= 15 is 0 Å². The Kier molecular flexibility index (Phi) is 6.57. The number of fused-ring (bicyclic) bond motifs is 1. The third-order valence-electron chi connectivity index (χ3n) is 4.81. The van der Waals surface area contributed by atoms with Crippen molar-refractivity contribution in [2.24, 2.45) is 5.73 Å². The van der Waals surface area contributed by atoms with E-state index in [4.69, 9.17) is 10.5 Å². The van der Waals surface area contributed by atoms with Gasteiger partial charge in [-0.3, -0.25) is 9.59 Å². The Labute approximate surface area is 168 Å². The molecule has 1 aliphatic rings. The van der Waals surface area contributed by atoms with Crippen molar-refractivity contribution >= 4 is 23.6 Å². The van der Waals surface area contributed by atoms with Crippen LogP contribution in [-0.2, 0) is 17.8 Å². The predicted molar refractivity (Wildman–Crippen MR) is 108 cm³/mol. The first-order valence-corrected chi connectivity index (χ1v) is 10.5. The highest BCUT2D eigenvalue weighted by Crippen LogP contribution is 2.26. The average Bonchev–Trinajstić information content (AvgIpc) is 2.69. The summed E-state index contributed by atoms with van der Waals surface area (Å²) in [7, 11) is 0. The number of carbonyl (C=O) groups is 2. The lowest BCUT2D eigenvalue weighted by Gasteiger charge is -2.34. The molecule has 0 spiro atoms. The lowest BCUT2D eigenvalue weighted by molar-refractivity contribution is -0.122. The van der Waals surface area contributed by atoms with Crippen LogP contribution < -0.4 is 10.5 Å². The van der Waals surface area contributed by atoms with Gasteiger partial charge in [0.15, 0.2) is 0 Å². The number of primary amides is 1. The van der Waals surface area contributed by atoms with Gasteiger partial charge in [0.2, 0.25) is 5.91 Å². The molecular weight excluding hydrogens is 379 g/mol. The summed E-state index contributed by atoms with van der Waals surface area (Å²) in [4.78, 5) is 26.3. The van der Waals surface area contributed by atoms with Gasteiger partial charge in [0, 0.05) is 12.1 Å². The zero-order chi connectivity index (χ0) is 20.1. The fraction of sp³-hybridized carbons (Fsp3) is 0.333. The van der Waals surface area contributed by atoms with Crippen LogP contribution in [0.2, 0.25) is 0 Å². The van der Waals surface area contributed by atoms with E-state index in [0.29, 0.717) is 37.3 Å². The fourth-order valence-corrected chi connectivity index (χ4v) is 3.76. The molecule has 1 aliphatic heterocycles. The lowest BCUT2D eigenvalue weighted by Crippen LogP contribution is -2.51. The molecule has 7 heteroatoms. The molecule has 2 amide bonds. The molecule has 0 unspecified atom stereocenters. The fourth-order valence-electron chi connectivity index (χ4n) is 3.30. The van der Waals surface area contributed by atoms with Crippen molar-refractivity contribution in [3.05, 3.63) is 65.0 Å². The molecule has 0 fully saturated rings. The Balaban J connectivity index is 1.70. The van der Waals surface area contributed by atoms with Crippen molar-refractivity contribution in [1.29, 1.82) is 0 Å². The molecule has 0 saturated carbocycles. The summed E-state index contributed by atoms with van der Waals surface area (Å²) in [6.07, 6.45) is 3.15. The standard InChI is InChI=1S/C21H23FN2O3S/c1-28-11-9-19(20(23)25)24-10-8-15-12-17(6-7-18(15)21(24)26)27-13-14-2-4-16(22)5-3-14/h2-7,12,19H,8-11,13H2,1H3,(H2,23,25)/t19-/m0/s1. The van der Waals surface area contributed by atoms with E-state index < -0.39 is 11.9 Å². The van der Waals surface area contributed by atoms with Crippen molar-refractivity contribution in [3.63, 3.8) is 0 Å². The number of hydrogen-bond donors (Lipinski definition) is 1. The summed E-state index contributed by atoms with van der Waals surface area (Å²) in [5.74, 6) is 0.493. The highest BCUT2D eigenvalue weighted by Gasteiger charge is 2.32. The van der Waals surface area contributed by atoms with Crippen LogP contribution in [0.25, 0.3) is 0 Å². The van der Waals surface area contributed by atoms with E-state index in [2.05, 4.69) is 0 Å². The van der Waals surface area contributed by atoms with Crippen LogP contribution in [0.15, 0.2) is 42.5 Å². The molecule has 1 heterocycles. The zero-order valence-electron chi connectivity index (χ0n) is 15.7. The first kappa shape index (κ1) is 20.2. The van der Waals surface area contributed by atoms with Gasteiger partial charge in [-0.05, 0) is 66.3 Å². The topological polar surface area (TPSA) is 72.6 Å². The average molecular weight is 402 g/mol. The number of carbonyl (C=O) groups excluding carboxylic acids is 2. The first-order chi connectivity index (χ1) is 13.5. The number of nitrogens with two attached hydrogens (primary N) is 1. The minimum absolute atomic E-state index is 0.170. The Bertz CT molecular complexity index is 857. The van der Waals surface area contributed by atoms with Crippen LogP contribution in [0.5, 0.6) is 5.75 Å². The number of amides is 2. The second-order valence-electron chi connectivity index (χ2n) is 6.68. The zero-order valence-corrected chi connectivity index (χ0v) is 16.5. The number of ether oxygens (including phenoxy) is 1. The van der Waals surface area contributed by atoms with E-state index in [1.165, 1.54) is 12.1 Å². The van der Waals surface area contributed by atoms with Gasteiger partial charge in [0.1, 0.15) is 24.2 Å². The van der Waals surface area contributed by atoms with Crippen LogP contribution in [0, 0.1) is 5.82 Å². The molecule has 2 aromatic carbocycles. The number of thioether (sulfide) groups is 1. The highest BCUT2D eigenvalue weighted by atomic mass is 32.2. The lowest BCUT2D eigenvalue weighted by atomic mass is 9.96. The maximum atomic E-state index is 13.0. The summed E-state index contributed by atoms with van der Waals surface area (Å²) in [6.45, 7) is 0.771. The molecule has 0 bridgehead atoms. The molecule has 2 aromatic rings. The molecule has 148 valence electrons. The second kappa shape index (κ2) is 9.10. The first-order valence-electron chi connectivity index (χ1n) is 9.09. The highest BCUT2D eigenvalue weighted by molar-refractivity contribution is 7.98. The molecule has 0 aliphatic carbocycles. The van der Waals surface area contributed by atoms with E-state index in [0.717, 1.165) is 16.9 Å². The molecule has 2 N–H and O–H groups in total. The monoisotopic (exact) mass is 402 g/mol. The minimum Gasteiger partial charge on any atom is -0.489 e. The summed E-state index contributed by atoms with van der Waals surface area (Å²) >= 11 is 1.62. The normalized spacial score (nSPS) is 14.5. The van der Waals surface area contributed by atoms with Crippen LogP contribution in [-0.4, -0.2) is 41.3 Å². The maximum Gasteiger partial charge on any atom is 0.254 e. The predicted octanol–water partition coefficient (Wildman–Crippen LogP) is 3.01. The molecule has 3 rings (SSSR count). The maximum absolute atomic E-state index is 13.0. The Morgan fingerprint density at radius 1 is 1.29 bits per heavy atom. The van der Waals surface area contributed by atoms with Gasteiger partial charge < -0.3 is 15.4 Å². The van der Waals surface area contributed by atoms with E-state index in [1.807, 2.05) is 12.3 Å². The van der Waals surface area contributed by atoms with Crippen LogP contribution in [0.4, 0.5) is 4.39 Å². The Morgan fingerprint density at radius 2 is 2.04 bits per heavy atom. The van der Waals surface area contributed by atoms with Crippen molar-refractivity contribution in [2.75, 3.05) is 18.6 Å². The van der Waals surface area contributed by atoms with Crippen molar-refractivity contribution in [3.8, 4) is 5.75 Å². The Morgan fingerprint density at radius 3 is 2.71 bits per heavy atom. The summed E-state index contributed by atoms with van der Waals surface area (Å²) in [5.41, 5.74) is 7.87. The number of hydrogen-bond acceptors (Lipinski definition) is 4. The van der Waals surface area contributed by atoms with Gasteiger partial charge in [-0.1, -0.05) is 12.1 Å². The number of benzene rings is 2. The van der Waals surface area contributed by atoms with Crippen LogP contribution >= 0.6 is 11.8 Å². The van der Waals surface area contributed by atoms with Gasteiger partial charge in [0.05, 0.1) is 0 Å². The molecule has 0 aromatic heterocycles. The quantitative estimate of drug-likeness (QED) is 0.737. The van der Waals surface area contributed by atoms with Crippen molar-refractivity contribution in [1.82, 2.24) is 4.90 Å². The molecular formula is C21H23FN2O3S. The molecule has 1 atom stereocenters. The van der Waals surface area contributed by atoms with E-state index in [1.54, 1.807) is 40.9 Å². The molecule has 0 saturated heterocycles. The number of halogens is 1. The Hall–Kier alpha value is -2.54. The molecule has 28 heavy (non-hydrogen) atoms. The van der Waals surface area contributed by atoms with Gasteiger partial charge in [0.25, 0.3) is 5.91 Å². The second-order valence-corrected chi connectivity index (χ2v) is 7.67. The third kappa shape index (κ3) is 4.65. The van der Waals surface area contributed by atoms with Crippen molar-refractivity contribution < 1.29 is 18.7 Å². The molecule has 0 radical (unpaired) electrons. The molecule has 5 nitrogen and oxygen atoms in total. The van der Waals surface area contributed by atoms with E-state index in [9.17, 15) is 14.0 Å². The number of nitrogens with zero attached hydrogens (tertiary/aromatic N) is 1. The number of rotatable bonds is 8. The third-order valence-corrected chi connectivity index (χ3v) is 5.45. The van der Waals surface area contributed by atoms with Gasteiger partial charge >= 0.3 is 0 Å². The van der Waals surface area contributed by atoms with Gasteiger partial charge in [-0.2, -0.15) is 11.8 Å². The summed E-state index contributed by atoms with van der Waals surface area (Å²) in [6, 6.07) is 10.9. The van der Waals surface area contributed by atoms with Crippen LogP contribution in [0.3, 0.4) is 0 Å². The largest absolute Gasteiger partial charge is 0.489 e.